The fourth-order valence-electron chi connectivity index (χ4n) is 6.19. The average Bonchev–Trinajstić information content (AvgIpc) is 3.54. The first-order valence-electron chi connectivity index (χ1n) is 14.9. The van der Waals surface area contributed by atoms with Gasteiger partial charge in [-0.05, 0) is 77.6 Å². The van der Waals surface area contributed by atoms with Crippen molar-refractivity contribution in [3.8, 4) is 0 Å². The Bertz CT molecular complexity index is 1520. The van der Waals surface area contributed by atoms with Gasteiger partial charge in [-0.2, -0.15) is 0 Å². The number of hydrogen-bond donors (Lipinski definition) is 1. The molecular formula is C32H39F3N6O3. The second-order valence-electron chi connectivity index (χ2n) is 13.0. The van der Waals surface area contributed by atoms with Crippen LogP contribution in [0.5, 0.6) is 0 Å². The molecule has 12 heteroatoms. The van der Waals surface area contributed by atoms with Crippen molar-refractivity contribution >= 4 is 12.0 Å². The lowest BCUT2D eigenvalue weighted by Gasteiger charge is -2.44. The number of aromatic nitrogens is 3. The molecular weight excluding hydrogens is 573 g/mol. The van der Waals surface area contributed by atoms with Crippen molar-refractivity contribution < 1.29 is 27.5 Å². The Balaban J connectivity index is 1.19. The van der Waals surface area contributed by atoms with Crippen molar-refractivity contribution in [3.63, 3.8) is 0 Å². The number of piperazine rings is 1. The van der Waals surface area contributed by atoms with Crippen molar-refractivity contribution in [1.82, 2.24) is 30.1 Å². The maximum Gasteiger partial charge on any atom is 0.407 e. The van der Waals surface area contributed by atoms with E-state index in [2.05, 4.69) is 20.5 Å². The van der Waals surface area contributed by atoms with E-state index in [1.54, 1.807) is 13.1 Å². The monoisotopic (exact) mass is 612 g/mol. The van der Waals surface area contributed by atoms with Crippen LogP contribution in [0, 0.1) is 17.5 Å². The van der Waals surface area contributed by atoms with Crippen molar-refractivity contribution in [2.75, 3.05) is 13.1 Å². The summed E-state index contributed by atoms with van der Waals surface area (Å²) < 4.78 is 48.8. The number of nitrogens with zero attached hydrogens (tertiary/aromatic N) is 5. The highest BCUT2D eigenvalue weighted by molar-refractivity contribution is 5.94. The summed E-state index contributed by atoms with van der Waals surface area (Å²) in [5.41, 5.74) is 2.55. The number of fused-ring (bicyclic) bond motifs is 1. The Kier molecular flexibility index (Phi) is 8.75. The first kappa shape index (κ1) is 31.5. The minimum absolute atomic E-state index is 0.00842. The third kappa shape index (κ3) is 6.90. The van der Waals surface area contributed by atoms with Gasteiger partial charge in [0.15, 0.2) is 0 Å². The van der Waals surface area contributed by atoms with Crippen LogP contribution in [0.3, 0.4) is 0 Å². The van der Waals surface area contributed by atoms with Gasteiger partial charge in [0.2, 0.25) is 0 Å². The van der Waals surface area contributed by atoms with Crippen LogP contribution in [0.1, 0.15) is 80.3 Å². The second kappa shape index (κ2) is 12.2. The van der Waals surface area contributed by atoms with Gasteiger partial charge in [-0.15, -0.1) is 5.10 Å². The molecule has 44 heavy (non-hydrogen) atoms. The lowest BCUT2D eigenvalue weighted by molar-refractivity contribution is 0.0264. The molecule has 0 saturated carbocycles. The molecule has 3 aromatic rings. The lowest BCUT2D eigenvalue weighted by Crippen LogP contribution is -2.57. The number of amides is 2. The zero-order valence-electron chi connectivity index (χ0n) is 25.9. The molecule has 1 unspecified atom stereocenters. The van der Waals surface area contributed by atoms with Crippen LogP contribution in [0.15, 0.2) is 36.5 Å². The summed E-state index contributed by atoms with van der Waals surface area (Å²) in [5, 5.41) is 11.2. The van der Waals surface area contributed by atoms with Crippen LogP contribution in [0.4, 0.5) is 18.0 Å². The predicted octanol–water partition coefficient (Wildman–Crippen LogP) is 5.03. The van der Waals surface area contributed by atoms with Crippen molar-refractivity contribution in [3.05, 3.63) is 81.9 Å². The molecule has 1 fully saturated rings. The molecule has 0 spiro atoms. The van der Waals surface area contributed by atoms with Crippen molar-refractivity contribution in [2.24, 2.45) is 0 Å². The highest BCUT2D eigenvalue weighted by Gasteiger charge is 2.34. The van der Waals surface area contributed by atoms with Crippen LogP contribution in [-0.4, -0.2) is 73.6 Å². The summed E-state index contributed by atoms with van der Waals surface area (Å²) in [7, 11) is 0. The first-order valence-corrected chi connectivity index (χ1v) is 14.9. The number of alkyl carbamates (subject to hydrolysis) is 1. The van der Waals surface area contributed by atoms with E-state index in [1.165, 1.54) is 4.68 Å². The first-order chi connectivity index (χ1) is 20.7. The van der Waals surface area contributed by atoms with Gasteiger partial charge in [-0.3, -0.25) is 9.69 Å². The normalized spacial score (nSPS) is 21.2. The summed E-state index contributed by atoms with van der Waals surface area (Å²) in [4.78, 5) is 29.9. The number of carbonyl (C=O) groups excluding carboxylic acids is 2. The number of halogens is 3. The predicted molar refractivity (Wildman–Crippen MR) is 158 cm³/mol. The Morgan fingerprint density at radius 3 is 2.30 bits per heavy atom. The Morgan fingerprint density at radius 1 is 1.02 bits per heavy atom. The van der Waals surface area contributed by atoms with Gasteiger partial charge in [-0.25, -0.2) is 22.6 Å². The fourth-order valence-corrected chi connectivity index (χ4v) is 6.19. The van der Waals surface area contributed by atoms with E-state index in [-0.39, 0.29) is 29.6 Å². The molecule has 1 aliphatic carbocycles. The maximum absolute atomic E-state index is 14.3. The van der Waals surface area contributed by atoms with E-state index in [0.717, 1.165) is 11.1 Å². The smallest absolute Gasteiger partial charge is 0.407 e. The minimum Gasteiger partial charge on any atom is -0.444 e. The molecule has 5 rings (SSSR count). The molecule has 1 aromatic heterocycles. The third-order valence-corrected chi connectivity index (χ3v) is 8.26. The van der Waals surface area contributed by atoms with Gasteiger partial charge in [0.25, 0.3) is 5.91 Å². The van der Waals surface area contributed by atoms with Crippen LogP contribution in [-0.2, 0) is 24.1 Å². The Labute approximate surface area is 255 Å². The van der Waals surface area contributed by atoms with Gasteiger partial charge in [0, 0.05) is 61.0 Å². The molecule has 236 valence electrons. The van der Waals surface area contributed by atoms with Crippen LogP contribution in [0.2, 0.25) is 0 Å². The Hall–Kier alpha value is -3.93. The fraction of sp³-hybridized carbons (Fsp3) is 0.500. The summed E-state index contributed by atoms with van der Waals surface area (Å²) in [6, 6.07) is 6.17. The van der Waals surface area contributed by atoms with Crippen molar-refractivity contribution in [1.29, 1.82) is 0 Å². The molecule has 1 aliphatic heterocycles. The molecule has 9 nitrogen and oxygen atoms in total. The number of benzene rings is 2. The summed E-state index contributed by atoms with van der Waals surface area (Å²) in [6.45, 7) is 12.6. The van der Waals surface area contributed by atoms with E-state index >= 15 is 0 Å². The number of ether oxygens (including phenoxy) is 1. The molecule has 4 atom stereocenters. The molecule has 2 heterocycles. The van der Waals surface area contributed by atoms with E-state index in [4.69, 9.17) is 4.74 Å². The largest absolute Gasteiger partial charge is 0.444 e. The van der Waals surface area contributed by atoms with Crippen LogP contribution < -0.4 is 5.32 Å². The molecule has 2 aromatic carbocycles. The minimum atomic E-state index is -0.978. The van der Waals surface area contributed by atoms with Gasteiger partial charge in [0.05, 0.1) is 17.9 Å². The molecule has 2 amide bonds. The maximum atomic E-state index is 14.3. The summed E-state index contributed by atoms with van der Waals surface area (Å²) in [5.74, 6) is -2.97. The highest BCUT2D eigenvalue weighted by atomic mass is 19.1. The van der Waals surface area contributed by atoms with E-state index in [0.29, 0.717) is 55.9 Å². The molecule has 1 N–H and O–H groups in total. The number of carbonyl (C=O) groups is 2. The zero-order chi connectivity index (χ0) is 31.9. The van der Waals surface area contributed by atoms with Crippen molar-refractivity contribution in [2.45, 2.75) is 90.7 Å². The summed E-state index contributed by atoms with van der Waals surface area (Å²) in [6.07, 6.45) is 2.52. The van der Waals surface area contributed by atoms with Crippen LogP contribution >= 0.6 is 0 Å². The lowest BCUT2D eigenvalue weighted by atomic mass is 10.0. The molecule has 2 aliphatic rings. The van der Waals surface area contributed by atoms with Gasteiger partial charge in [0.1, 0.15) is 23.1 Å². The van der Waals surface area contributed by atoms with Gasteiger partial charge in [-0.1, -0.05) is 11.3 Å². The standard InChI is InChI=1S/C32H39F3N6O3/c1-18-14-39(30(42)22-8-7-21-10-25(11-23(21)9-22)36-31(43)44-32(4,5)6)15-19(2)40(18)16-26-17-41(38-37-26)20(3)29-27(34)12-24(33)13-28(29)35/h7-9,12-13,17-20,25H,10-11,14-16H2,1-6H3,(H,36,43)/t18-,19+,20-,25?/m1/s1. The van der Waals surface area contributed by atoms with E-state index in [1.807, 2.05) is 57.7 Å². The number of nitrogens with one attached hydrogen (secondary N) is 1. The summed E-state index contributed by atoms with van der Waals surface area (Å²) >= 11 is 0. The quantitative estimate of drug-likeness (QED) is 0.420. The van der Waals surface area contributed by atoms with Gasteiger partial charge < -0.3 is 15.0 Å². The highest BCUT2D eigenvalue weighted by Crippen LogP contribution is 2.27. The Morgan fingerprint density at radius 2 is 1.66 bits per heavy atom. The second-order valence-corrected chi connectivity index (χ2v) is 13.0. The molecule has 1 saturated heterocycles. The van der Waals surface area contributed by atoms with E-state index in [9.17, 15) is 22.8 Å². The van der Waals surface area contributed by atoms with Crippen LogP contribution in [0.25, 0.3) is 0 Å². The average molecular weight is 613 g/mol. The van der Waals surface area contributed by atoms with E-state index < -0.39 is 35.2 Å². The third-order valence-electron chi connectivity index (χ3n) is 8.26. The number of rotatable bonds is 6. The number of hydrogen-bond acceptors (Lipinski definition) is 6. The SMILES string of the molecule is C[C@@H]1CN(C(=O)c2ccc3c(c2)CC(NC(=O)OC(C)(C)C)C3)C[C@H](C)N1Cc1cn([C@H](C)c2c(F)cc(F)cc2F)nn1. The molecule has 0 bridgehead atoms. The van der Waals surface area contributed by atoms with Gasteiger partial charge >= 0.3 is 6.09 Å². The zero-order valence-corrected chi connectivity index (χ0v) is 25.9. The molecule has 0 radical (unpaired) electrons. The topological polar surface area (TPSA) is 92.6 Å².